The number of thioether (sulfide) groups is 1. The van der Waals surface area contributed by atoms with Gasteiger partial charge in [0.25, 0.3) is 5.91 Å². The summed E-state index contributed by atoms with van der Waals surface area (Å²) in [7, 11) is 0. The molecule has 0 radical (unpaired) electrons. The van der Waals surface area contributed by atoms with Gasteiger partial charge in [0.1, 0.15) is 5.76 Å². The molecule has 1 aliphatic rings. The summed E-state index contributed by atoms with van der Waals surface area (Å²) in [5, 5.41) is 2.96. The summed E-state index contributed by atoms with van der Waals surface area (Å²) in [6.07, 6.45) is 4.08. The monoisotopic (exact) mass is 343 g/mol. The number of hydrogen-bond acceptors (Lipinski definition) is 4. The second-order valence-electron chi connectivity index (χ2n) is 6.10. The molecular formula is C19H21NO3S. The van der Waals surface area contributed by atoms with E-state index in [0.717, 1.165) is 18.4 Å². The maximum absolute atomic E-state index is 12.6. The van der Waals surface area contributed by atoms with Crippen LogP contribution in [-0.2, 0) is 6.42 Å². The normalized spacial score (nSPS) is 15.0. The lowest BCUT2D eigenvalue weighted by Crippen LogP contribution is -2.26. The van der Waals surface area contributed by atoms with Crippen molar-refractivity contribution >= 4 is 23.5 Å². The maximum Gasteiger partial charge on any atom is 0.287 e. The zero-order valence-corrected chi connectivity index (χ0v) is 15.0. The summed E-state index contributed by atoms with van der Waals surface area (Å²) >= 11 is 1.68. The zero-order valence-electron chi connectivity index (χ0n) is 14.1. The molecule has 0 saturated carbocycles. The molecule has 0 bridgehead atoms. The predicted octanol–water partition coefficient (Wildman–Crippen LogP) is 4.32. The van der Waals surface area contributed by atoms with Gasteiger partial charge in [0, 0.05) is 23.3 Å². The van der Waals surface area contributed by atoms with Crippen LogP contribution in [0.25, 0.3) is 0 Å². The molecule has 3 rings (SSSR count). The van der Waals surface area contributed by atoms with Crippen LogP contribution >= 0.6 is 11.8 Å². The third kappa shape index (κ3) is 3.13. The molecule has 4 nitrogen and oxygen atoms in total. The first-order chi connectivity index (χ1) is 11.5. The SMILES string of the molecule is CSc1ccc(C(C)NC(=O)c2oc3c(c2C)C(=O)CCC3)cc1. The molecule has 0 aliphatic heterocycles. The van der Waals surface area contributed by atoms with Crippen molar-refractivity contribution in [3.05, 3.63) is 52.5 Å². The van der Waals surface area contributed by atoms with Crippen LogP contribution in [0.4, 0.5) is 0 Å². The number of benzene rings is 1. The lowest BCUT2D eigenvalue weighted by atomic mass is 9.94. The van der Waals surface area contributed by atoms with Crippen molar-refractivity contribution in [1.82, 2.24) is 5.32 Å². The number of ketones is 1. The molecule has 0 spiro atoms. The molecule has 1 heterocycles. The highest BCUT2D eigenvalue weighted by Crippen LogP contribution is 2.29. The van der Waals surface area contributed by atoms with Gasteiger partial charge in [-0.15, -0.1) is 11.8 Å². The molecule has 1 amide bonds. The fourth-order valence-corrected chi connectivity index (χ4v) is 3.51. The van der Waals surface area contributed by atoms with Crippen molar-refractivity contribution in [3.8, 4) is 0 Å². The molecule has 24 heavy (non-hydrogen) atoms. The Hall–Kier alpha value is -2.01. The Bertz CT molecular complexity index is 777. The van der Waals surface area contributed by atoms with E-state index in [0.29, 0.717) is 23.3 Å². The standard InChI is InChI=1S/C19H21NO3S/c1-11-17-15(21)5-4-6-16(17)23-18(11)19(22)20-12(2)13-7-9-14(24-3)10-8-13/h7-10,12H,4-6H2,1-3H3,(H,20,22). The van der Waals surface area contributed by atoms with Gasteiger partial charge in [-0.25, -0.2) is 0 Å². The van der Waals surface area contributed by atoms with Gasteiger partial charge in [-0.3, -0.25) is 9.59 Å². The topological polar surface area (TPSA) is 59.3 Å². The summed E-state index contributed by atoms with van der Waals surface area (Å²) < 4.78 is 5.71. The second-order valence-corrected chi connectivity index (χ2v) is 6.98. The van der Waals surface area contributed by atoms with Crippen molar-refractivity contribution < 1.29 is 14.0 Å². The van der Waals surface area contributed by atoms with Gasteiger partial charge in [0.05, 0.1) is 11.6 Å². The Labute approximate surface area is 146 Å². The van der Waals surface area contributed by atoms with E-state index in [1.54, 1.807) is 18.7 Å². The molecular weight excluding hydrogens is 322 g/mol. The number of fused-ring (bicyclic) bond motifs is 1. The van der Waals surface area contributed by atoms with E-state index < -0.39 is 0 Å². The maximum atomic E-state index is 12.6. The molecule has 1 aromatic heterocycles. The third-order valence-corrected chi connectivity index (χ3v) is 5.22. The number of rotatable bonds is 4. The van der Waals surface area contributed by atoms with Crippen LogP contribution in [0.1, 0.15) is 63.6 Å². The van der Waals surface area contributed by atoms with Crippen LogP contribution in [0, 0.1) is 6.92 Å². The van der Waals surface area contributed by atoms with Crippen molar-refractivity contribution in [2.75, 3.05) is 6.26 Å². The number of Topliss-reactive ketones (excluding diaryl/α,β-unsaturated/α-hetero) is 1. The average molecular weight is 343 g/mol. The lowest BCUT2D eigenvalue weighted by Gasteiger charge is -2.14. The third-order valence-electron chi connectivity index (χ3n) is 4.48. The van der Waals surface area contributed by atoms with Crippen LogP contribution in [0.15, 0.2) is 33.6 Å². The molecule has 1 aliphatic carbocycles. The first-order valence-electron chi connectivity index (χ1n) is 8.11. The number of amides is 1. The molecule has 1 N–H and O–H groups in total. The Morgan fingerprint density at radius 2 is 1.96 bits per heavy atom. The van der Waals surface area contributed by atoms with E-state index in [9.17, 15) is 9.59 Å². The van der Waals surface area contributed by atoms with Gasteiger partial charge < -0.3 is 9.73 Å². The van der Waals surface area contributed by atoms with Crippen LogP contribution < -0.4 is 5.32 Å². The second kappa shape index (κ2) is 6.85. The predicted molar refractivity (Wildman–Crippen MR) is 94.8 cm³/mol. The van der Waals surface area contributed by atoms with Crippen molar-refractivity contribution in [3.63, 3.8) is 0 Å². The molecule has 2 aromatic rings. The van der Waals surface area contributed by atoms with Crippen molar-refractivity contribution in [2.45, 2.75) is 44.0 Å². The fourth-order valence-electron chi connectivity index (χ4n) is 3.10. The van der Waals surface area contributed by atoms with E-state index in [1.165, 1.54) is 4.90 Å². The number of aryl methyl sites for hydroxylation is 1. The number of carbonyl (C=O) groups is 2. The van der Waals surface area contributed by atoms with Gasteiger partial charge in [0.2, 0.25) is 0 Å². The minimum atomic E-state index is -0.267. The molecule has 5 heteroatoms. The lowest BCUT2D eigenvalue weighted by molar-refractivity contribution is 0.0906. The van der Waals surface area contributed by atoms with Gasteiger partial charge in [-0.05, 0) is 44.2 Å². The number of furan rings is 1. The Morgan fingerprint density at radius 3 is 2.58 bits per heavy atom. The van der Waals surface area contributed by atoms with E-state index in [-0.39, 0.29) is 23.5 Å². The van der Waals surface area contributed by atoms with Gasteiger partial charge in [-0.2, -0.15) is 0 Å². The zero-order chi connectivity index (χ0) is 17.3. The van der Waals surface area contributed by atoms with E-state index in [2.05, 4.69) is 5.32 Å². The van der Waals surface area contributed by atoms with E-state index >= 15 is 0 Å². The number of hydrogen-bond donors (Lipinski definition) is 1. The highest BCUT2D eigenvalue weighted by molar-refractivity contribution is 7.98. The Kier molecular flexibility index (Phi) is 4.81. The average Bonchev–Trinajstić information content (AvgIpc) is 2.93. The first kappa shape index (κ1) is 16.8. The van der Waals surface area contributed by atoms with E-state index in [1.807, 2.05) is 37.4 Å². The summed E-state index contributed by atoms with van der Waals surface area (Å²) in [5.74, 6) is 0.738. The van der Waals surface area contributed by atoms with Crippen molar-refractivity contribution in [1.29, 1.82) is 0 Å². The van der Waals surface area contributed by atoms with Crippen LogP contribution in [0.3, 0.4) is 0 Å². The summed E-state index contributed by atoms with van der Waals surface area (Å²) in [4.78, 5) is 25.8. The molecule has 0 fully saturated rings. The highest BCUT2D eigenvalue weighted by Gasteiger charge is 2.29. The summed E-state index contributed by atoms with van der Waals surface area (Å²) in [6, 6.07) is 7.97. The summed E-state index contributed by atoms with van der Waals surface area (Å²) in [6.45, 7) is 3.73. The molecule has 0 saturated heterocycles. The molecule has 1 atom stereocenters. The molecule has 126 valence electrons. The highest BCUT2D eigenvalue weighted by atomic mass is 32.2. The van der Waals surface area contributed by atoms with Gasteiger partial charge >= 0.3 is 0 Å². The minimum Gasteiger partial charge on any atom is -0.455 e. The number of carbonyl (C=O) groups excluding carboxylic acids is 2. The van der Waals surface area contributed by atoms with Crippen LogP contribution in [0.2, 0.25) is 0 Å². The van der Waals surface area contributed by atoms with Crippen LogP contribution in [0.5, 0.6) is 0 Å². The van der Waals surface area contributed by atoms with Crippen LogP contribution in [-0.4, -0.2) is 17.9 Å². The Balaban J connectivity index is 1.78. The number of nitrogens with one attached hydrogen (secondary N) is 1. The molecule has 1 unspecified atom stereocenters. The first-order valence-corrected chi connectivity index (χ1v) is 9.34. The van der Waals surface area contributed by atoms with Gasteiger partial charge in [0.15, 0.2) is 11.5 Å². The minimum absolute atomic E-state index is 0.0808. The molecule has 1 aromatic carbocycles. The van der Waals surface area contributed by atoms with Gasteiger partial charge in [-0.1, -0.05) is 12.1 Å². The van der Waals surface area contributed by atoms with E-state index in [4.69, 9.17) is 4.42 Å². The Morgan fingerprint density at radius 1 is 1.25 bits per heavy atom. The smallest absolute Gasteiger partial charge is 0.287 e. The quantitative estimate of drug-likeness (QED) is 0.840. The largest absolute Gasteiger partial charge is 0.455 e. The summed E-state index contributed by atoms with van der Waals surface area (Å²) in [5.41, 5.74) is 2.31. The van der Waals surface area contributed by atoms with Crippen molar-refractivity contribution in [2.24, 2.45) is 0 Å². The fraction of sp³-hybridized carbons (Fsp3) is 0.368.